The van der Waals surface area contributed by atoms with Gasteiger partial charge >= 0.3 is 0 Å². The van der Waals surface area contributed by atoms with Crippen molar-refractivity contribution in [3.05, 3.63) is 87.0 Å². The summed E-state index contributed by atoms with van der Waals surface area (Å²) in [5, 5.41) is 1.31. The van der Waals surface area contributed by atoms with Crippen LogP contribution in [0.15, 0.2) is 70.6 Å². The second-order valence-electron chi connectivity index (χ2n) is 8.29. The molecule has 0 saturated carbocycles. The van der Waals surface area contributed by atoms with Crippen molar-refractivity contribution in [3.8, 4) is 5.69 Å². The summed E-state index contributed by atoms with van der Waals surface area (Å²) in [6.07, 6.45) is 3.05. The lowest BCUT2D eigenvalue weighted by molar-refractivity contribution is -0.128. The van der Waals surface area contributed by atoms with Crippen LogP contribution in [0.25, 0.3) is 15.9 Å². The first-order valence-electron chi connectivity index (χ1n) is 11.1. The van der Waals surface area contributed by atoms with E-state index in [1.807, 2.05) is 74.6 Å². The highest BCUT2D eigenvalue weighted by Crippen LogP contribution is 2.36. The number of thioether (sulfide) groups is 1. The number of nitrogens with zero attached hydrogens (tertiary/aromatic N) is 3. The lowest BCUT2D eigenvalue weighted by Gasteiger charge is -2.25. The first-order valence-corrected chi connectivity index (χ1v) is 12.9. The van der Waals surface area contributed by atoms with Crippen molar-refractivity contribution in [1.82, 2.24) is 14.5 Å². The summed E-state index contributed by atoms with van der Waals surface area (Å²) in [6.45, 7) is 2.02. The van der Waals surface area contributed by atoms with Gasteiger partial charge in [-0.1, -0.05) is 60.3 Å². The van der Waals surface area contributed by atoms with Crippen LogP contribution in [0, 0.1) is 0 Å². The van der Waals surface area contributed by atoms with E-state index in [1.54, 1.807) is 20.8 Å². The first-order chi connectivity index (χ1) is 16.0. The minimum Gasteiger partial charge on any atom is -0.338 e. The molecule has 5 nitrogen and oxygen atoms in total. The van der Waals surface area contributed by atoms with Gasteiger partial charge in [0.2, 0.25) is 5.91 Å². The van der Waals surface area contributed by atoms with Crippen LogP contribution < -0.4 is 5.56 Å². The summed E-state index contributed by atoms with van der Waals surface area (Å²) in [7, 11) is 1.82. The second kappa shape index (κ2) is 9.15. The predicted molar refractivity (Wildman–Crippen MR) is 136 cm³/mol. The van der Waals surface area contributed by atoms with Crippen LogP contribution in [-0.2, 0) is 17.6 Å². The Kier molecular flexibility index (Phi) is 6.08. The van der Waals surface area contributed by atoms with Crippen LogP contribution in [0.2, 0.25) is 0 Å². The molecular weight excluding hydrogens is 450 g/mol. The molecule has 168 valence electrons. The van der Waals surface area contributed by atoms with Crippen molar-refractivity contribution >= 4 is 39.2 Å². The average Bonchev–Trinajstić information content (AvgIpc) is 3.43. The molecule has 2 heterocycles. The van der Waals surface area contributed by atoms with E-state index in [1.165, 1.54) is 22.2 Å². The van der Waals surface area contributed by atoms with Crippen LogP contribution in [0.1, 0.15) is 35.4 Å². The minimum atomic E-state index is -0.0358. The molecule has 1 aliphatic carbocycles. The highest BCUT2D eigenvalue weighted by Gasteiger charge is 2.25. The summed E-state index contributed by atoms with van der Waals surface area (Å²) < 4.78 is 1.67. The number of carbonyl (C=O) groups excluding carboxylic acids is 1. The van der Waals surface area contributed by atoms with Crippen LogP contribution >= 0.6 is 23.1 Å². The molecule has 0 fully saturated rings. The zero-order chi connectivity index (χ0) is 22.9. The monoisotopic (exact) mass is 475 g/mol. The Morgan fingerprint density at radius 3 is 2.55 bits per heavy atom. The van der Waals surface area contributed by atoms with Gasteiger partial charge in [0.15, 0.2) is 5.16 Å². The van der Waals surface area contributed by atoms with Gasteiger partial charge in [-0.2, -0.15) is 0 Å². The molecular formula is C26H25N3O2S2. The normalized spacial score (nSPS) is 13.8. The van der Waals surface area contributed by atoms with Crippen LogP contribution in [0.4, 0.5) is 0 Å². The lowest BCUT2D eigenvalue weighted by Crippen LogP contribution is -2.31. The maximum Gasteiger partial charge on any atom is 0.267 e. The van der Waals surface area contributed by atoms with Gasteiger partial charge in [0.1, 0.15) is 4.83 Å². The molecule has 0 spiro atoms. The maximum absolute atomic E-state index is 13.7. The predicted octanol–water partition coefficient (Wildman–Crippen LogP) is 5.25. The van der Waals surface area contributed by atoms with Crippen molar-refractivity contribution in [1.29, 1.82) is 0 Å². The van der Waals surface area contributed by atoms with Gasteiger partial charge in [0.25, 0.3) is 5.56 Å². The van der Waals surface area contributed by atoms with Crippen molar-refractivity contribution in [2.45, 2.75) is 37.4 Å². The molecule has 1 aliphatic rings. The lowest BCUT2D eigenvalue weighted by atomic mass is 10.1. The summed E-state index contributed by atoms with van der Waals surface area (Å²) in [4.78, 5) is 35.4. The van der Waals surface area contributed by atoms with E-state index in [2.05, 4.69) is 0 Å². The highest BCUT2D eigenvalue weighted by molar-refractivity contribution is 7.99. The van der Waals surface area contributed by atoms with Gasteiger partial charge in [-0.25, -0.2) is 4.98 Å². The summed E-state index contributed by atoms with van der Waals surface area (Å²) in [5.74, 6) is 0.211. The van der Waals surface area contributed by atoms with Crippen LogP contribution in [0.5, 0.6) is 0 Å². The largest absolute Gasteiger partial charge is 0.338 e. The Morgan fingerprint density at radius 1 is 1.12 bits per heavy atom. The molecule has 2 aromatic heterocycles. The van der Waals surface area contributed by atoms with Gasteiger partial charge in [-0.05, 0) is 49.4 Å². The molecule has 0 saturated heterocycles. The Morgan fingerprint density at radius 2 is 1.82 bits per heavy atom. The Bertz CT molecular complexity index is 1360. The van der Waals surface area contributed by atoms with Crippen molar-refractivity contribution in [2.24, 2.45) is 0 Å². The van der Waals surface area contributed by atoms with Crippen molar-refractivity contribution in [3.63, 3.8) is 0 Å². The van der Waals surface area contributed by atoms with Gasteiger partial charge in [-0.3, -0.25) is 14.2 Å². The number of thiophene rings is 1. The smallest absolute Gasteiger partial charge is 0.267 e. The molecule has 7 heteroatoms. The van der Waals surface area contributed by atoms with E-state index in [4.69, 9.17) is 4.98 Å². The Balaban J connectivity index is 1.48. The molecule has 5 rings (SSSR count). The van der Waals surface area contributed by atoms with Gasteiger partial charge in [0, 0.05) is 11.9 Å². The Hall–Kier alpha value is -2.90. The fourth-order valence-corrected chi connectivity index (χ4v) is 6.56. The van der Waals surface area contributed by atoms with Gasteiger partial charge < -0.3 is 4.90 Å². The average molecular weight is 476 g/mol. The summed E-state index contributed by atoms with van der Waals surface area (Å²) in [5.41, 5.74) is 3.00. The van der Waals surface area contributed by atoms with Crippen LogP contribution in [0.3, 0.4) is 0 Å². The minimum absolute atomic E-state index is 0.000940. The maximum atomic E-state index is 13.7. The zero-order valence-corrected chi connectivity index (χ0v) is 20.3. The third-order valence-electron chi connectivity index (χ3n) is 6.30. The van der Waals surface area contributed by atoms with E-state index in [-0.39, 0.29) is 23.3 Å². The van der Waals surface area contributed by atoms with Crippen LogP contribution in [-0.4, -0.2) is 33.2 Å². The number of carbonyl (C=O) groups is 1. The fraction of sp³-hybridized carbons (Fsp3) is 0.269. The van der Waals surface area contributed by atoms with Gasteiger partial charge in [-0.15, -0.1) is 11.3 Å². The van der Waals surface area contributed by atoms with E-state index < -0.39 is 0 Å². The molecule has 1 unspecified atom stereocenters. The number of benzene rings is 2. The summed E-state index contributed by atoms with van der Waals surface area (Å²) >= 11 is 2.96. The highest BCUT2D eigenvalue weighted by atomic mass is 32.2. The standard InChI is InChI=1S/C26H25N3O2S2/c1-17(18-10-5-3-6-11-18)28(2)22(30)16-32-26-27-24-23(20-14-9-15-21(20)33-24)25(31)29(26)19-12-7-4-8-13-19/h3-8,10-13,17H,9,14-16H2,1-2H3. The molecule has 2 aromatic carbocycles. The number of amides is 1. The zero-order valence-electron chi connectivity index (χ0n) is 18.7. The van der Waals surface area contributed by atoms with E-state index >= 15 is 0 Å². The number of aryl methyl sites for hydroxylation is 2. The molecule has 0 bridgehead atoms. The van der Waals surface area contributed by atoms with E-state index in [0.29, 0.717) is 5.16 Å². The number of para-hydroxylation sites is 1. The SMILES string of the molecule is CC(c1ccccc1)N(C)C(=O)CSc1nc2sc3c(c2c(=O)n1-c1ccccc1)CCC3. The first kappa shape index (κ1) is 21.9. The molecule has 1 amide bonds. The number of rotatable bonds is 6. The number of hydrogen-bond acceptors (Lipinski definition) is 5. The second-order valence-corrected chi connectivity index (χ2v) is 10.3. The van der Waals surface area contributed by atoms with Crippen molar-refractivity contribution in [2.75, 3.05) is 12.8 Å². The quantitative estimate of drug-likeness (QED) is 0.282. The fourth-order valence-electron chi connectivity index (χ4n) is 4.33. The topological polar surface area (TPSA) is 55.2 Å². The van der Waals surface area contributed by atoms with Crippen molar-refractivity contribution < 1.29 is 4.79 Å². The molecule has 0 N–H and O–H groups in total. The number of aromatic nitrogens is 2. The number of fused-ring (bicyclic) bond motifs is 3. The van der Waals surface area contributed by atoms with E-state index in [0.717, 1.165) is 40.7 Å². The third-order valence-corrected chi connectivity index (χ3v) is 8.41. The molecule has 0 radical (unpaired) electrons. The molecule has 33 heavy (non-hydrogen) atoms. The molecule has 4 aromatic rings. The van der Waals surface area contributed by atoms with E-state index in [9.17, 15) is 9.59 Å². The summed E-state index contributed by atoms with van der Waals surface area (Å²) in [6, 6.07) is 19.5. The Labute approximate surface area is 201 Å². The van der Waals surface area contributed by atoms with Gasteiger partial charge in [0.05, 0.1) is 22.9 Å². The molecule has 1 atom stereocenters. The molecule has 0 aliphatic heterocycles. The third kappa shape index (κ3) is 4.11. The number of hydrogen-bond donors (Lipinski definition) is 0.